The number of nitrogens with zero attached hydrogens (tertiary/aromatic N) is 2. The van der Waals surface area contributed by atoms with Crippen LogP contribution in [0, 0.1) is 6.92 Å². The Morgan fingerprint density at radius 3 is 2.62 bits per heavy atom. The Morgan fingerprint density at radius 1 is 1.17 bits per heavy atom. The summed E-state index contributed by atoms with van der Waals surface area (Å²) in [6, 6.07) is 13.9. The first kappa shape index (κ1) is 19.3. The van der Waals surface area contributed by atoms with Gasteiger partial charge < -0.3 is 19.4 Å². The molecule has 0 aliphatic carbocycles. The molecule has 4 rings (SSSR count). The normalized spacial score (nSPS) is 15.1. The van der Waals surface area contributed by atoms with Gasteiger partial charge in [0.2, 0.25) is 11.7 Å². The molecule has 1 atom stereocenters. The Labute approximate surface area is 174 Å². The largest absolute Gasteiger partial charge is 0.495 e. The maximum atomic E-state index is 12.6. The number of hydrogen-bond acceptors (Lipinski definition) is 5. The second-order valence-electron chi connectivity index (χ2n) is 6.98. The van der Waals surface area contributed by atoms with E-state index in [1.165, 1.54) is 7.11 Å². The van der Waals surface area contributed by atoms with Crippen LogP contribution in [0.15, 0.2) is 47.3 Å². The second kappa shape index (κ2) is 7.79. The molecule has 1 N–H and O–H groups in total. The molecule has 0 fully saturated rings. The topological polar surface area (TPSA) is 65.4 Å². The fraction of sp³-hybridized carbons (Fsp3) is 0.273. The van der Waals surface area contributed by atoms with Crippen LogP contribution in [0.25, 0.3) is 0 Å². The van der Waals surface area contributed by atoms with Gasteiger partial charge in [-0.15, -0.1) is 0 Å². The third-order valence-corrected chi connectivity index (χ3v) is 5.58. The van der Waals surface area contributed by atoms with Crippen molar-refractivity contribution in [2.24, 2.45) is 0 Å². The molecular formula is C22H22ClN3O3. The molecule has 2 heterocycles. The Morgan fingerprint density at radius 2 is 1.93 bits per heavy atom. The smallest absolute Gasteiger partial charge is 0.317 e. The van der Waals surface area contributed by atoms with E-state index in [-0.39, 0.29) is 11.6 Å². The average Bonchev–Trinajstić information content (AvgIpc) is 3.16. The number of halogens is 1. The first-order valence-electron chi connectivity index (χ1n) is 9.39. The van der Waals surface area contributed by atoms with Crippen LogP contribution in [0.5, 0.6) is 11.5 Å². The number of benzene rings is 2. The van der Waals surface area contributed by atoms with Gasteiger partial charge >= 0.3 is 5.56 Å². The highest BCUT2D eigenvalue weighted by Gasteiger charge is 2.30. The van der Waals surface area contributed by atoms with Crippen molar-refractivity contribution in [1.82, 2.24) is 9.55 Å². The number of rotatable bonds is 5. The molecule has 0 saturated carbocycles. The van der Waals surface area contributed by atoms with E-state index in [9.17, 15) is 4.79 Å². The predicted octanol–water partition coefficient (Wildman–Crippen LogP) is 4.50. The zero-order chi connectivity index (χ0) is 20.5. The zero-order valence-corrected chi connectivity index (χ0v) is 17.3. The molecule has 2 aromatic carbocycles. The number of anilines is 2. The second-order valence-corrected chi connectivity index (χ2v) is 7.39. The Bertz CT molecular complexity index is 1110. The van der Waals surface area contributed by atoms with E-state index in [4.69, 9.17) is 21.1 Å². The number of nitrogens with one attached hydrogen (secondary N) is 1. The number of aromatic nitrogens is 2. The summed E-state index contributed by atoms with van der Waals surface area (Å²) in [5.41, 5.74) is 3.32. The fourth-order valence-corrected chi connectivity index (χ4v) is 4.18. The van der Waals surface area contributed by atoms with Crippen molar-refractivity contribution in [2.45, 2.75) is 25.8 Å². The van der Waals surface area contributed by atoms with Crippen LogP contribution >= 0.6 is 11.6 Å². The summed E-state index contributed by atoms with van der Waals surface area (Å²) in [4.78, 5) is 16.9. The van der Waals surface area contributed by atoms with Crippen molar-refractivity contribution < 1.29 is 9.47 Å². The Kier molecular flexibility index (Phi) is 5.20. The lowest BCUT2D eigenvalue weighted by molar-refractivity contribution is 0.398. The number of hydrogen-bond donors (Lipinski definition) is 1. The molecule has 3 aromatic rings. The van der Waals surface area contributed by atoms with Gasteiger partial charge in [0.15, 0.2) is 0 Å². The average molecular weight is 412 g/mol. The lowest BCUT2D eigenvalue weighted by Gasteiger charge is -2.22. The molecule has 29 heavy (non-hydrogen) atoms. The first-order valence-corrected chi connectivity index (χ1v) is 9.76. The minimum atomic E-state index is -0.381. The van der Waals surface area contributed by atoms with Crippen LogP contribution in [0.4, 0.5) is 11.6 Å². The highest BCUT2D eigenvalue weighted by atomic mass is 35.5. The quantitative estimate of drug-likeness (QED) is 0.669. The van der Waals surface area contributed by atoms with Crippen LogP contribution < -0.4 is 20.3 Å². The van der Waals surface area contributed by atoms with Gasteiger partial charge in [-0.3, -0.25) is 4.79 Å². The summed E-state index contributed by atoms with van der Waals surface area (Å²) in [5.74, 6) is 1.33. The van der Waals surface area contributed by atoms with Crippen molar-refractivity contribution >= 4 is 23.2 Å². The summed E-state index contributed by atoms with van der Waals surface area (Å²) < 4.78 is 12.8. The van der Waals surface area contributed by atoms with E-state index >= 15 is 0 Å². The standard InChI is InChI=1S/C22H22ClN3O3/c1-13-11-15(23)19(28-2)12-16(13)24-22-25-21(27)20(29-3)18-10-9-17(26(18)22)14-7-5-4-6-8-14/h4-8,11-12,17H,9-10H2,1-3H3,(H,24,25,27). The Balaban J connectivity index is 1.86. The van der Waals surface area contributed by atoms with E-state index < -0.39 is 0 Å². The minimum absolute atomic E-state index is 0.0604. The van der Waals surface area contributed by atoms with Gasteiger partial charge in [0.05, 0.1) is 31.0 Å². The molecular weight excluding hydrogens is 390 g/mol. The van der Waals surface area contributed by atoms with Gasteiger partial charge in [0.1, 0.15) is 5.75 Å². The van der Waals surface area contributed by atoms with Crippen LogP contribution in [0.2, 0.25) is 5.02 Å². The predicted molar refractivity (Wildman–Crippen MR) is 114 cm³/mol. The van der Waals surface area contributed by atoms with Gasteiger partial charge in [0, 0.05) is 11.8 Å². The number of ether oxygens (including phenoxy) is 2. The van der Waals surface area contributed by atoms with Crippen molar-refractivity contribution in [1.29, 1.82) is 0 Å². The van der Waals surface area contributed by atoms with Crippen molar-refractivity contribution in [2.75, 3.05) is 19.5 Å². The molecule has 1 unspecified atom stereocenters. The maximum absolute atomic E-state index is 12.6. The van der Waals surface area contributed by atoms with Crippen LogP contribution in [0.3, 0.4) is 0 Å². The minimum Gasteiger partial charge on any atom is -0.495 e. The molecule has 1 aromatic heterocycles. The lowest BCUT2D eigenvalue weighted by Crippen LogP contribution is -2.22. The van der Waals surface area contributed by atoms with E-state index in [0.29, 0.717) is 22.5 Å². The molecule has 0 bridgehead atoms. The molecule has 1 aliphatic rings. The van der Waals surface area contributed by atoms with Gasteiger partial charge in [-0.2, -0.15) is 4.98 Å². The third kappa shape index (κ3) is 3.44. The fourth-order valence-electron chi connectivity index (χ4n) is 3.88. The van der Waals surface area contributed by atoms with E-state index in [2.05, 4.69) is 27.0 Å². The van der Waals surface area contributed by atoms with Gasteiger partial charge in [0.25, 0.3) is 0 Å². The molecule has 6 nitrogen and oxygen atoms in total. The number of methoxy groups -OCH3 is 2. The van der Waals surface area contributed by atoms with Gasteiger partial charge in [-0.05, 0) is 37.0 Å². The third-order valence-electron chi connectivity index (χ3n) is 5.28. The van der Waals surface area contributed by atoms with E-state index in [1.807, 2.05) is 37.3 Å². The Hall–Kier alpha value is -2.99. The van der Waals surface area contributed by atoms with Crippen molar-refractivity contribution in [3.8, 4) is 11.5 Å². The molecule has 0 amide bonds. The first-order chi connectivity index (χ1) is 14.0. The summed E-state index contributed by atoms with van der Waals surface area (Å²) in [6.45, 7) is 1.94. The van der Waals surface area contributed by atoms with Crippen LogP contribution in [0.1, 0.15) is 29.3 Å². The van der Waals surface area contributed by atoms with Crippen LogP contribution in [-0.2, 0) is 6.42 Å². The summed E-state index contributed by atoms with van der Waals surface area (Å²) in [7, 11) is 3.08. The van der Waals surface area contributed by atoms with E-state index in [1.54, 1.807) is 7.11 Å². The highest BCUT2D eigenvalue weighted by Crippen LogP contribution is 2.39. The molecule has 0 radical (unpaired) electrons. The molecule has 0 saturated heterocycles. The van der Waals surface area contributed by atoms with E-state index in [0.717, 1.165) is 35.3 Å². The monoisotopic (exact) mass is 411 g/mol. The maximum Gasteiger partial charge on any atom is 0.317 e. The van der Waals surface area contributed by atoms with Crippen molar-refractivity contribution in [3.63, 3.8) is 0 Å². The van der Waals surface area contributed by atoms with Gasteiger partial charge in [-0.25, -0.2) is 0 Å². The summed E-state index contributed by atoms with van der Waals surface area (Å²) in [5, 5.41) is 3.85. The molecule has 1 aliphatic heterocycles. The summed E-state index contributed by atoms with van der Waals surface area (Å²) in [6.07, 6.45) is 1.60. The van der Waals surface area contributed by atoms with Crippen LogP contribution in [-0.4, -0.2) is 23.8 Å². The molecule has 150 valence electrons. The SMILES string of the molecule is COc1cc(Nc2nc(=O)c(OC)c3n2C(c2ccccc2)CC3)c(C)cc1Cl. The lowest BCUT2D eigenvalue weighted by atomic mass is 10.1. The molecule has 7 heteroatoms. The number of fused-ring (bicyclic) bond motifs is 1. The molecule has 0 spiro atoms. The summed E-state index contributed by atoms with van der Waals surface area (Å²) >= 11 is 6.23. The zero-order valence-electron chi connectivity index (χ0n) is 16.5. The van der Waals surface area contributed by atoms with Gasteiger partial charge in [-0.1, -0.05) is 41.9 Å². The highest BCUT2D eigenvalue weighted by molar-refractivity contribution is 6.32. The number of aryl methyl sites for hydroxylation is 1. The van der Waals surface area contributed by atoms with Crippen molar-refractivity contribution in [3.05, 3.63) is 74.7 Å².